The molecule has 1 fully saturated rings. The van der Waals surface area contributed by atoms with Crippen LogP contribution in [-0.4, -0.2) is 38.4 Å². The van der Waals surface area contributed by atoms with Crippen LogP contribution < -0.4 is 5.56 Å². The summed E-state index contributed by atoms with van der Waals surface area (Å²) in [6, 6.07) is 11.8. The van der Waals surface area contributed by atoms with Crippen molar-refractivity contribution in [2.45, 2.75) is 6.54 Å². The molecule has 0 unspecified atom stereocenters. The second-order valence-electron chi connectivity index (χ2n) is 7.59. The minimum absolute atomic E-state index is 0.0789. The van der Waals surface area contributed by atoms with Crippen LogP contribution in [0.3, 0.4) is 0 Å². The molecule has 1 aliphatic rings. The van der Waals surface area contributed by atoms with Gasteiger partial charge in [0.1, 0.15) is 0 Å². The number of aromatic nitrogens is 3. The third-order valence-electron chi connectivity index (χ3n) is 5.70. The molecule has 5 rings (SSSR count). The summed E-state index contributed by atoms with van der Waals surface area (Å²) < 4.78 is 1.70. The summed E-state index contributed by atoms with van der Waals surface area (Å²) in [6.07, 6.45) is 4.57. The fourth-order valence-electron chi connectivity index (χ4n) is 4.15. The van der Waals surface area contributed by atoms with E-state index in [-0.39, 0.29) is 17.4 Å². The van der Waals surface area contributed by atoms with E-state index < -0.39 is 0 Å². The lowest BCUT2D eigenvalue weighted by Gasteiger charge is -2.39. The van der Waals surface area contributed by atoms with Gasteiger partial charge in [-0.05, 0) is 35.9 Å². The van der Waals surface area contributed by atoms with Crippen molar-refractivity contribution < 1.29 is 4.79 Å². The number of hydrogen-bond donors (Lipinski definition) is 1. The first-order valence-electron chi connectivity index (χ1n) is 9.72. The number of likely N-dealkylation sites (tertiary alicyclic amines) is 1. The van der Waals surface area contributed by atoms with Gasteiger partial charge in [-0.25, -0.2) is 4.98 Å². The van der Waals surface area contributed by atoms with Crippen LogP contribution in [0.15, 0.2) is 66.2 Å². The molecule has 0 atom stereocenters. The van der Waals surface area contributed by atoms with Crippen LogP contribution in [0.1, 0.15) is 0 Å². The summed E-state index contributed by atoms with van der Waals surface area (Å²) in [5, 5.41) is 1.64. The van der Waals surface area contributed by atoms with Crippen molar-refractivity contribution >= 4 is 39.4 Å². The second kappa shape index (κ2) is 7.15. The number of rotatable bonds is 4. The minimum Gasteiger partial charge on any atom is -0.361 e. The van der Waals surface area contributed by atoms with Crippen molar-refractivity contribution in [3.8, 4) is 11.1 Å². The average Bonchev–Trinajstić information content (AvgIpc) is 3.20. The number of halogens is 1. The molecular formula is C23H19ClN4O2. The van der Waals surface area contributed by atoms with Crippen LogP contribution in [-0.2, 0) is 11.3 Å². The number of benzene rings is 2. The van der Waals surface area contributed by atoms with Crippen molar-refractivity contribution in [1.29, 1.82) is 0 Å². The zero-order valence-corrected chi connectivity index (χ0v) is 16.9. The lowest BCUT2D eigenvalue weighted by Crippen LogP contribution is -2.51. The van der Waals surface area contributed by atoms with E-state index >= 15 is 0 Å². The number of hydrogen-bond acceptors (Lipinski definition) is 3. The number of H-pyrrole nitrogens is 1. The molecule has 1 aliphatic heterocycles. The van der Waals surface area contributed by atoms with E-state index in [4.69, 9.17) is 11.6 Å². The molecule has 2 aromatic heterocycles. The van der Waals surface area contributed by atoms with Crippen LogP contribution >= 0.6 is 11.6 Å². The Bertz CT molecular complexity index is 1360. The Labute approximate surface area is 177 Å². The third kappa shape index (κ3) is 3.00. The van der Waals surface area contributed by atoms with Crippen molar-refractivity contribution in [1.82, 2.24) is 19.4 Å². The lowest BCUT2D eigenvalue weighted by molar-refractivity contribution is -0.132. The third-order valence-corrected chi connectivity index (χ3v) is 6.02. The number of amides is 1. The maximum Gasteiger partial charge on any atom is 0.269 e. The van der Waals surface area contributed by atoms with Crippen molar-refractivity contribution in [2.75, 3.05) is 13.1 Å². The molecule has 6 nitrogen and oxygen atoms in total. The van der Waals surface area contributed by atoms with Gasteiger partial charge in [0.25, 0.3) is 5.56 Å². The monoisotopic (exact) mass is 418 g/mol. The van der Waals surface area contributed by atoms with Gasteiger partial charge in [0.2, 0.25) is 5.91 Å². The van der Waals surface area contributed by atoms with Crippen LogP contribution in [0, 0.1) is 5.92 Å². The van der Waals surface area contributed by atoms with E-state index in [9.17, 15) is 9.59 Å². The van der Waals surface area contributed by atoms with Gasteiger partial charge >= 0.3 is 0 Å². The smallest absolute Gasteiger partial charge is 0.269 e. The first-order valence-corrected chi connectivity index (χ1v) is 10.1. The maximum absolute atomic E-state index is 12.5. The molecule has 7 heteroatoms. The summed E-state index contributed by atoms with van der Waals surface area (Å²) in [6.45, 7) is 5.26. The van der Waals surface area contributed by atoms with Crippen molar-refractivity contribution in [3.63, 3.8) is 0 Å². The molecule has 30 heavy (non-hydrogen) atoms. The fraction of sp³-hybridized carbons (Fsp3) is 0.174. The van der Waals surface area contributed by atoms with Gasteiger partial charge < -0.3 is 14.5 Å². The fourth-order valence-corrected chi connectivity index (χ4v) is 4.41. The molecule has 3 heterocycles. The Hall–Kier alpha value is -3.38. The van der Waals surface area contributed by atoms with E-state index in [1.807, 2.05) is 42.6 Å². The Morgan fingerprint density at radius 3 is 2.90 bits per heavy atom. The SMILES string of the molecule is C=CC(=O)N1CC(Cn2c(=O)cnc3cc(-c4cccc5[nH]ccc45)c(Cl)cc32)C1. The highest BCUT2D eigenvalue weighted by molar-refractivity contribution is 6.34. The summed E-state index contributed by atoms with van der Waals surface area (Å²) in [5.41, 5.74) is 4.15. The molecule has 1 amide bonds. The predicted molar refractivity (Wildman–Crippen MR) is 119 cm³/mol. The van der Waals surface area contributed by atoms with Crippen LogP contribution in [0.25, 0.3) is 33.1 Å². The lowest BCUT2D eigenvalue weighted by atomic mass is 9.99. The summed E-state index contributed by atoms with van der Waals surface area (Å²) in [7, 11) is 0. The zero-order valence-electron chi connectivity index (χ0n) is 16.1. The highest BCUT2D eigenvalue weighted by atomic mass is 35.5. The molecule has 0 radical (unpaired) electrons. The number of fused-ring (bicyclic) bond motifs is 2. The Kier molecular flexibility index (Phi) is 4.44. The normalized spacial score (nSPS) is 14.2. The highest BCUT2D eigenvalue weighted by Gasteiger charge is 2.30. The summed E-state index contributed by atoms with van der Waals surface area (Å²) in [4.78, 5) is 33.5. The Morgan fingerprint density at radius 2 is 2.10 bits per heavy atom. The van der Waals surface area contributed by atoms with Crippen LogP contribution in [0.5, 0.6) is 0 Å². The zero-order chi connectivity index (χ0) is 20.8. The molecule has 0 spiro atoms. The molecular weight excluding hydrogens is 400 g/mol. The number of carbonyl (C=O) groups is 1. The van der Waals surface area contributed by atoms with Gasteiger partial charge in [-0.1, -0.05) is 30.3 Å². The van der Waals surface area contributed by atoms with E-state index in [0.29, 0.717) is 35.7 Å². The van der Waals surface area contributed by atoms with Gasteiger partial charge in [-0.2, -0.15) is 0 Å². The van der Waals surface area contributed by atoms with Gasteiger partial charge in [-0.15, -0.1) is 0 Å². The van der Waals surface area contributed by atoms with Crippen molar-refractivity contribution in [3.05, 3.63) is 76.8 Å². The van der Waals surface area contributed by atoms with Gasteiger partial charge in [0.15, 0.2) is 0 Å². The minimum atomic E-state index is -0.174. The highest BCUT2D eigenvalue weighted by Crippen LogP contribution is 2.35. The molecule has 1 N–H and O–H groups in total. The van der Waals surface area contributed by atoms with Crippen molar-refractivity contribution in [2.24, 2.45) is 5.92 Å². The van der Waals surface area contributed by atoms with Gasteiger partial charge in [-0.3, -0.25) is 9.59 Å². The number of aromatic amines is 1. The second-order valence-corrected chi connectivity index (χ2v) is 7.99. The van der Waals surface area contributed by atoms with Crippen LogP contribution in [0.2, 0.25) is 5.02 Å². The van der Waals surface area contributed by atoms with Crippen LogP contribution in [0.4, 0.5) is 0 Å². The standard InChI is InChI=1S/C23H19ClN4O2/c1-2-22(29)27-11-14(12-27)13-28-21-9-18(24)17(8-20(21)26-10-23(28)30)15-4-3-5-19-16(15)6-7-25-19/h2-10,14,25H,1,11-13H2. The first-order chi connectivity index (χ1) is 14.5. The number of nitrogens with one attached hydrogen (secondary N) is 1. The molecule has 0 bridgehead atoms. The number of nitrogens with zero attached hydrogens (tertiary/aromatic N) is 3. The topological polar surface area (TPSA) is 71.0 Å². The number of carbonyl (C=O) groups excluding carboxylic acids is 1. The molecule has 0 saturated carbocycles. The van der Waals surface area contributed by atoms with E-state index in [1.165, 1.54) is 12.3 Å². The quantitative estimate of drug-likeness (QED) is 0.512. The Balaban J connectivity index is 1.55. The van der Waals surface area contributed by atoms with E-state index in [2.05, 4.69) is 16.5 Å². The Morgan fingerprint density at radius 1 is 1.27 bits per heavy atom. The predicted octanol–water partition coefficient (Wildman–Crippen LogP) is 3.84. The average molecular weight is 419 g/mol. The molecule has 1 saturated heterocycles. The molecule has 4 aromatic rings. The first kappa shape index (κ1) is 18.6. The van der Waals surface area contributed by atoms with Gasteiger partial charge in [0.05, 0.1) is 22.3 Å². The van der Waals surface area contributed by atoms with E-state index in [1.54, 1.807) is 9.47 Å². The van der Waals surface area contributed by atoms with Gasteiger partial charge in [0, 0.05) is 48.2 Å². The summed E-state index contributed by atoms with van der Waals surface area (Å²) >= 11 is 6.68. The molecule has 150 valence electrons. The summed E-state index contributed by atoms with van der Waals surface area (Å²) in [5.74, 6) is 0.133. The van der Waals surface area contributed by atoms with E-state index in [0.717, 1.165) is 22.0 Å². The molecule has 2 aromatic carbocycles. The largest absolute Gasteiger partial charge is 0.361 e. The maximum atomic E-state index is 12.5. The molecule has 0 aliphatic carbocycles.